The predicted octanol–water partition coefficient (Wildman–Crippen LogP) is -1.46. The minimum absolute atomic E-state index is 0.134. The molecule has 0 saturated carbocycles. The van der Waals surface area contributed by atoms with E-state index in [1.165, 1.54) is 0 Å². The van der Waals surface area contributed by atoms with Gasteiger partial charge in [0.25, 0.3) is 10.8 Å². The summed E-state index contributed by atoms with van der Waals surface area (Å²) in [6.45, 7) is 1.28. The predicted molar refractivity (Wildman–Crippen MR) is 41.6 cm³/mol. The lowest BCUT2D eigenvalue weighted by Gasteiger charge is -2.18. The topological polar surface area (TPSA) is 86.5 Å². The Morgan fingerprint density at radius 1 is 1.58 bits per heavy atom. The van der Waals surface area contributed by atoms with Crippen molar-refractivity contribution in [2.45, 2.75) is 11.9 Å². The molecule has 5 nitrogen and oxygen atoms in total. The molecule has 1 heterocycles. The van der Waals surface area contributed by atoms with Crippen LogP contribution in [0.15, 0.2) is 0 Å². The standard InChI is InChI=1S/C6H9NO4S/c1-4(8)6(5(7)9)11-2-3-12(6)10/h2-3H2,1H3,(H2,7,9)/t6-,12?/m0/s1. The Kier molecular flexibility index (Phi) is 2.29. The maximum Gasteiger partial charge on any atom is 0.279 e. The van der Waals surface area contributed by atoms with Crippen molar-refractivity contribution in [1.29, 1.82) is 0 Å². The van der Waals surface area contributed by atoms with Gasteiger partial charge in [-0.25, -0.2) is 0 Å². The molecule has 1 fully saturated rings. The highest BCUT2D eigenvalue weighted by Gasteiger charge is 2.52. The number of nitrogens with two attached hydrogens (primary N) is 1. The molecule has 0 aromatic rings. The molecule has 2 N–H and O–H groups in total. The van der Waals surface area contributed by atoms with Crippen molar-refractivity contribution in [1.82, 2.24) is 0 Å². The SMILES string of the molecule is CC(=O)[C@]1(C(N)=O)OCCS1=O. The number of primary amides is 1. The molecular weight excluding hydrogens is 182 g/mol. The minimum Gasteiger partial charge on any atom is -0.366 e. The summed E-state index contributed by atoms with van der Waals surface area (Å²) < 4.78 is 16.1. The van der Waals surface area contributed by atoms with Crippen molar-refractivity contribution < 1.29 is 18.5 Å². The lowest BCUT2D eigenvalue weighted by atomic mass is 10.2. The van der Waals surface area contributed by atoms with Gasteiger partial charge in [-0.2, -0.15) is 0 Å². The first-order valence-corrected chi connectivity index (χ1v) is 4.67. The van der Waals surface area contributed by atoms with Gasteiger partial charge in [0.1, 0.15) is 0 Å². The van der Waals surface area contributed by atoms with E-state index in [4.69, 9.17) is 10.5 Å². The van der Waals surface area contributed by atoms with Gasteiger partial charge in [-0.05, 0) is 6.92 Å². The highest BCUT2D eigenvalue weighted by atomic mass is 32.2. The Labute approximate surface area is 71.7 Å². The van der Waals surface area contributed by atoms with Crippen molar-refractivity contribution in [3.05, 3.63) is 0 Å². The average molecular weight is 191 g/mol. The van der Waals surface area contributed by atoms with Crippen LogP contribution in [0.2, 0.25) is 0 Å². The highest BCUT2D eigenvalue weighted by Crippen LogP contribution is 2.23. The first-order chi connectivity index (χ1) is 5.51. The summed E-state index contributed by atoms with van der Waals surface area (Å²) in [5.74, 6) is -1.38. The van der Waals surface area contributed by atoms with Gasteiger partial charge >= 0.3 is 0 Å². The number of hydrogen-bond acceptors (Lipinski definition) is 4. The average Bonchev–Trinajstić information content (AvgIpc) is 2.31. The Morgan fingerprint density at radius 3 is 2.33 bits per heavy atom. The molecule has 1 saturated heterocycles. The third-order valence-electron chi connectivity index (χ3n) is 1.68. The molecule has 6 heteroatoms. The molecule has 0 bridgehead atoms. The van der Waals surface area contributed by atoms with E-state index >= 15 is 0 Å². The van der Waals surface area contributed by atoms with Crippen molar-refractivity contribution in [3.8, 4) is 0 Å². The van der Waals surface area contributed by atoms with Gasteiger partial charge in [-0.1, -0.05) is 0 Å². The molecule has 0 radical (unpaired) electrons. The third-order valence-corrected chi connectivity index (χ3v) is 3.47. The van der Waals surface area contributed by atoms with Crippen LogP contribution in [0.25, 0.3) is 0 Å². The van der Waals surface area contributed by atoms with Crippen molar-refractivity contribution >= 4 is 22.5 Å². The zero-order valence-corrected chi connectivity index (χ0v) is 7.35. The summed E-state index contributed by atoms with van der Waals surface area (Å²) >= 11 is 0. The third kappa shape index (κ3) is 1.07. The fraction of sp³-hybridized carbons (Fsp3) is 0.667. The van der Waals surface area contributed by atoms with Crippen LogP contribution < -0.4 is 5.73 Å². The second-order valence-electron chi connectivity index (χ2n) is 2.44. The number of hydrogen-bond donors (Lipinski definition) is 1. The van der Waals surface area contributed by atoms with E-state index in [0.717, 1.165) is 6.92 Å². The van der Waals surface area contributed by atoms with Gasteiger partial charge in [0.2, 0.25) is 0 Å². The molecule has 1 amide bonds. The van der Waals surface area contributed by atoms with Gasteiger partial charge in [0.05, 0.1) is 23.2 Å². The van der Waals surface area contributed by atoms with Crippen molar-refractivity contribution in [2.24, 2.45) is 5.73 Å². The molecule has 68 valence electrons. The van der Waals surface area contributed by atoms with E-state index in [2.05, 4.69) is 0 Å². The van der Waals surface area contributed by atoms with Gasteiger partial charge in [-0.15, -0.1) is 0 Å². The van der Waals surface area contributed by atoms with E-state index < -0.39 is 27.4 Å². The molecule has 1 aliphatic rings. The van der Waals surface area contributed by atoms with Crippen LogP contribution in [0, 0.1) is 0 Å². The van der Waals surface area contributed by atoms with Gasteiger partial charge in [0.15, 0.2) is 5.78 Å². The first kappa shape index (κ1) is 9.34. The molecule has 0 aromatic carbocycles. The zero-order chi connectivity index (χ0) is 9.35. The molecule has 12 heavy (non-hydrogen) atoms. The second kappa shape index (κ2) is 2.95. The monoisotopic (exact) mass is 191 g/mol. The molecule has 1 rings (SSSR count). The van der Waals surface area contributed by atoms with E-state index in [1.54, 1.807) is 0 Å². The van der Waals surface area contributed by atoms with Gasteiger partial charge in [0, 0.05) is 0 Å². The van der Waals surface area contributed by atoms with Crippen LogP contribution >= 0.6 is 0 Å². The molecule has 0 spiro atoms. The van der Waals surface area contributed by atoms with E-state index in [-0.39, 0.29) is 12.4 Å². The fourth-order valence-electron chi connectivity index (χ4n) is 1.09. The normalized spacial score (nSPS) is 34.9. The van der Waals surface area contributed by atoms with E-state index in [9.17, 15) is 13.8 Å². The largest absolute Gasteiger partial charge is 0.366 e. The number of ketones is 1. The Bertz CT molecular complexity index is 248. The zero-order valence-electron chi connectivity index (χ0n) is 6.53. The van der Waals surface area contributed by atoms with Crippen molar-refractivity contribution in [2.75, 3.05) is 12.4 Å². The van der Waals surface area contributed by atoms with Crippen LogP contribution in [0.3, 0.4) is 0 Å². The minimum atomic E-state index is -1.87. The highest BCUT2D eigenvalue weighted by molar-refractivity contribution is 7.88. The molecule has 1 unspecified atom stereocenters. The lowest BCUT2D eigenvalue weighted by Crippen LogP contribution is -2.52. The van der Waals surface area contributed by atoms with E-state index in [0.29, 0.717) is 0 Å². The molecule has 2 atom stereocenters. The first-order valence-electron chi connectivity index (χ1n) is 3.35. The number of ether oxygens (including phenoxy) is 1. The Hall–Kier alpha value is -0.750. The smallest absolute Gasteiger partial charge is 0.279 e. The Balaban J connectivity index is 3.10. The maximum atomic E-state index is 11.2. The van der Waals surface area contributed by atoms with E-state index in [1.807, 2.05) is 0 Å². The fourth-order valence-corrected chi connectivity index (χ4v) is 2.37. The lowest BCUT2D eigenvalue weighted by molar-refractivity contribution is -0.143. The molecular formula is C6H9NO4S. The van der Waals surface area contributed by atoms with Crippen LogP contribution in [0.5, 0.6) is 0 Å². The van der Waals surface area contributed by atoms with Crippen LogP contribution in [-0.4, -0.2) is 33.2 Å². The van der Waals surface area contributed by atoms with Crippen LogP contribution in [0.4, 0.5) is 0 Å². The van der Waals surface area contributed by atoms with Crippen LogP contribution in [-0.2, 0) is 25.1 Å². The number of rotatable bonds is 2. The maximum absolute atomic E-state index is 11.2. The molecule has 1 aliphatic heterocycles. The Morgan fingerprint density at radius 2 is 2.17 bits per heavy atom. The summed E-state index contributed by atoms with van der Waals surface area (Å²) in [6, 6.07) is 0. The van der Waals surface area contributed by atoms with Gasteiger partial charge in [-0.3, -0.25) is 13.8 Å². The van der Waals surface area contributed by atoms with Crippen LogP contribution in [0.1, 0.15) is 6.92 Å². The number of carbonyl (C=O) groups is 2. The molecule has 0 aliphatic carbocycles. The number of Topliss-reactive ketones (excluding diaryl/α,β-unsaturated/α-hetero) is 1. The quantitative estimate of drug-likeness (QED) is 0.540. The summed E-state index contributed by atoms with van der Waals surface area (Å²) in [5.41, 5.74) is 4.95. The van der Waals surface area contributed by atoms with Gasteiger partial charge < -0.3 is 10.5 Å². The summed E-state index contributed by atoms with van der Waals surface area (Å²) in [6.07, 6.45) is 0. The second-order valence-corrected chi connectivity index (χ2v) is 4.11. The number of amides is 1. The molecule has 0 aromatic heterocycles. The summed E-state index contributed by atoms with van der Waals surface area (Å²) in [7, 11) is -1.63. The summed E-state index contributed by atoms with van der Waals surface area (Å²) in [5, 5.41) is 0. The summed E-state index contributed by atoms with van der Waals surface area (Å²) in [4.78, 5) is 20.0. The number of carbonyl (C=O) groups excluding carboxylic acids is 2. The van der Waals surface area contributed by atoms with Crippen molar-refractivity contribution in [3.63, 3.8) is 0 Å².